The van der Waals surface area contributed by atoms with Crippen LogP contribution in [0.1, 0.15) is 78.7 Å². The van der Waals surface area contributed by atoms with Crippen LogP contribution in [0.4, 0.5) is 0 Å². The third-order valence-corrected chi connectivity index (χ3v) is 7.05. The SMILES string of the molecule is CCCCNC(=O)[C@@H](C[C@H](N)[C@@H](O)C[C@H](C(=O)NCc1ccccc1OCCCCOC)C(C)C)C(C)C. The number of rotatable bonds is 20. The smallest absolute Gasteiger partial charge is 0.223 e. The molecule has 0 aliphatic heterocycles. The molecule has 0 saturated carbocycles. The molecule has 0 bridgehead atoms. The molecule has 1 rings (SSSR count). The Bertz CT molecular complexity index is 802. The first-order chi connectivity index (χ1) is 18.1. The van der Waals surface area contributed by atoms with Crippen LogP contribution in [-0.4, -0.2) is 55.9 Å². The lowest BCUT2D eigenvalue weighted by Crippen LogP contribution is -2.45. The number of amides is 2. The zero-order chi connectivity index (χ0) is 28.5. The molecule has 0 fully saturated rings. The number of para-hydroxylation sites is 1. The molecule has 1 aromatic rings. The van der Waals surface area contributed by atoms with Gasteiger partial charge < -0.3 is 30.9 Å². The molecule has 38 heavy (non-hydrogen) atoms. The van der Waals surface area contributed by atoms with E-state index in [1.54, 1.807) is 7.11 Å². The van der Waals surface area contributed by atoms with E-state index >= 15 is 0 Å². The van der Waals surface area contributed by atoms with E-state index in [1.807, 2.05) is 52.0 Å². The summed E-state index contributed by atoms with van der Waals surface area (Å²) in [5.41, 5.74) is 7.28. The maximum atomic E-state index is 13.2. The summed E-state index contributed by atoms with van der Waals surface area (Å²) in [6.07, 6.45) is 3.49. The number of unbranched alkanes of at least 4 members (excludes halogenated alkanes) is 2. The molecular formula is C30H53N3O5. The Morgan fingerprint density at radius 2 is 1.53 bits per heavy atom. The predicted octanol–water partition coefficient (Wildman–Crippen LogP) is 4.04. The first kappa shape index (κ1) is 33.9. The van der Waals surface area contributed by atoms with Crippen molar-refractivity contribution in [2.24, 2.45) is 29.4 Å². The van der Waals surface area contributed by atoms with Crippen molar-refractivity contribution in [3.8, 4) is 5.75 Å². The van der Waals surface area contributed by atoms with Gasteiger partial charge in [0.05, 0.1) is 12.7 Å². The lowest BCUT2D eigenvalue weighted by Gasteiger charge is -2.29. The molecule has 4 atom stereocenters. The van der Waals surface area contributed by atoms with E-state index in [1.165, 1.54) is 0 Å². The number of aliphatic hydroxyl groups is 1. The molecule has 0 aromatic heterocycles. The highest BCUT2D eigenvalue weighted by Gasteiger charge is 2.31. The standard InChI is InChI=1S/C30H53N3O5/c1-7-8-15-32-29(35)24(21(2)3)18-26(31)27(34)19-25(22(4)5)30(36)33-20-23-13-9-10-14-28(23)38-17-12-11-16-37-6/h9-10,13-14,21-22,24-27,34H,7-8,11-12,15-20,31H2,1-6H3,(H,32,35)(H,33,36)/t24-,25-,26-,27-/m0/s1. The molecule has 0 saturated heterocycles. The number of carbonyl (C=O) groups excluding carboxylic acids is 2. The van der Waals surface area contributed by atoms with E-state index in [0.717, 1.165) is 37.0 Å². The third-order valence-electron chi connectivity index (χ3n) is 7.05. The van der Waals surface area contributed by atoms with E-state index < -0.39 is 18.1 Å². The lowest BCUT2D eigenvalue weighted by atomic mass is 9.83. The van der Waals surface area contributed by atoms with Crippen molar-refractivity contribution in [3.05, 3.63) is 29.8 Å². The summed E-state index contributed by atoms with van der Waals surface area (Å²) in [4.78, 5) is 25.9. The molecule has 0 radical (unpaired) electrons. The first-order valence-electron chi connectivity index (χ1n) is 14.3. The summed E-state index contributed by atoms with van der Waals surface area (Å²) < 4.78 is 11.0. The topological polar surface area (TPSA) is 123 Å². The van der Waals surface area contributed by atoms with Gasteiger partial charge in [0.2, 0.25) is 11.8 Å². The van der Waals surface area contributed by atoms with E-state index in [0.29, 0.717) is 32.7 Å². The van der Waals surface area contributed by atoms with Gasteiger partial charge in [0.25, 0.3) is 0 Å². The number of aliphatic hydroxyl groups excluding tert-OH is 1. The molecule has 1 aromatic carbocycles. The molecule has 8 nitrogen and oxygen atoms in total. The van der Waals surface area contributed by atoms with Crippen LogP contribution in [0.3, 0.4) is 0 Å². The van der Waals surface area contributed by atoms with Gasteiger partial charge >= 0.3 is 0 Å². The molecule has 2 amide bonds. The maximum absolute atomic E-state index is 13.2. The third kappa shape index (κ3) is 12.6. The average molecular weight is 536 g/mol. The summed E-state index contributed by atoms with van der Waals surface area (Å²) in [5, 5.41) is 17.0. The minimum atomic E-state index is -0.888. The van der Waals surface area contributed by atoms with Crippen molar-refractivity contribution in [3.63, 3.8) is 0 Å². The van der Waals surface area contributed by atoms with Gasteiger partial charge in [-0.05, 0) is 50.0 Å². The zero-order valence-electron chi connectivity index (χ0n) is 24.5. The van der Waals surface area contributed by atoms with Gasteiger partial charge in [-0.3, -0.25) is 9.59 Å². The van der Waals surface area contributed by atoms with Crippen LogP contribution in [0.25, 0.3) is 0 Å². The molecule has 0 aliphatic carbocycles. The lowest BCUT2D eigenvalue weighted by molar-refractivity contribution is -0.129. The van der Waals surface area contributed by atoms with E-state index in [2.05, 4.69) is 17.6 Å². The highest BCUT2D eigenvalue weighted by atomic mass is 16.5. The highest BCUT2D eigenvalue weighted by molar-refractivity contribution is 5.79. The van der Waals surface area contributed by atoms with Crippen LogP contribution in [0, 0.1) is 23.7 Å². The minimum Gasteiger partial charge on any atom is -0.493 e. The number of hydrogen-bond acceptors (Lipinski definition) is 6. The Morgan fingerprint density at radius 3 is 2.16 bits per heavy atom. The molecular weight excluding hydrogens is 482 g/mol. The van der Waals surface area contributed by atoms with Gasteiger partial charge in [-0.25, -0.2) is 0 Å². The number of benzene rings is 1. The fraction of sp³-hybridized carbons (Fsp3) is 0.733. The van der Waals surface area contributed by atoms with Gasteiger partial charge in [0, 0.05) is 50.2 Å². The molecule has 218 valence electrons. The molecule has 0 spiro atoms. The van der Waals surface area contributed by atoms with Gasteiger partial charge in [0.1, 0.15) is 5.75 Å². The predicted molar refractivity (Wildman–Crippen MR) is 153 cm³/mol. The van der Waals surface area contributed by atoms with Crippen molar-refractivity contribution in [1.82, 2.24) is 10.6 Å². The zero-order valence-corrected chi connectivity index (χ0v) is 24.5. The van der Waals surface area contributed by atoms with Gasteiger partial charge in [-0.15, -0.1) is 0 Å². The molecule has 0 aliphatic rings. The van der Waals surface area contributed by atoms with Crippen LogP contribution < -0.4 is 21.1 Å². The van der Waals surface area contributed by atoms with Crippen LogP contribution in [0.2, 0.25) is 0 Å². The van der Waals surface area contributed by atoms with E-state index in [4.69, 9.17) is 15.2 Å². The fourth-order valence-electron chi connectivity index (χ4n) is 4.40. The summed E-state index contributed by atoms with van der Waals surface area (Å²) >= 11 is 0. The first-order valence-corrected chi connectivity index (χ1v) is 14.3. The molecule has 0 heterocycles. The minimum absolute atomic E-state index is 0.0161. The highest BCUT2D eigenvalue weighted by Crippen LogP contribution is 2.24. The van der Waals surface area contributed by atoms with Crippen LogP contribution >= 0.6 is 0 Å². The number of hydrogen-bond donors (Lipinski definition) is 4. The number of nitrogens with one attached hydrogen (secondary N) is 2. The summed E-state index contributed by atoms with van der Waals surface area (Å²) in [6.45, 7) is 12.3. The Balaban J connectivity index is 2.71. The van der Waals surface area contributed by atoms with Crippen LogP contribution in [-0.2, 0) is 20.9 Å². The maximum Gasteiger partial charge on any atom is 0.223 e. The summed E-state index contributed by atoms with van der Waals surface area (Å²) in [6, 6.07) is 7.09. The van der Waals surface area contributed by atoms with Gasteiger partial charge in [-0.2, -0.15) is 0 Å². The summed E-state index contributed by atoms with van der Waals surface area (Å²) in [7, 11) is 1.69. The number of nitrogens with two attached hydrogens (primary N) is 1. The monoisotopic (exact) mass is 535 g/mol. The van der Waals surface area contributed by atoms with Crippen molar-refractivity contribution in [2.45, 2.75) is 91.8 Å². The molecule has 0 unspecified atom stereocenters. The number of carbonyl (C=O) groups is 2. The second kappa shape index (κ2) is 19.0. The number of methoxy groups -OCH3 is 1. The second-order valence-corrected chi connectivity index (χ2v) is 10.9. The van der Waals surface area contributed by atoms with E-state index in [9.17, 15) is 14.7 Å². The van der Waals surface area contributed by atoms with Crippen molar-refractivity contribution < 1.29 is 24.2 Å². The van der Waals surface area contributed by atoms with Gasteiger partial charge in [-0.1, -0.05) is 59.2 Å². The Kier molecular flexibility index (Phi) is 16.9. The van der Waals surface area contributed by atoms with Crippen molar-refractivity contribution in [2.75, 3.05) is 26.9 Å². The van der Waals surface area contributed by atoms with Gasteiger partial charge in [0.15, 0.2) is 0 Å². The quantitative estimate of drug-likeness (QED) is 0.187. The Morgan fingerprint density at radius 1 is 0.921 bits per heavy atom. The fourth-order valence-corrected chi connectivity index (χ4v) is 4.40. The summed E-state index contributed by atoms with van der Waals surface area (Å²) in [5.74, 6) is 0.0320. The Hall–Kier alpha value is -2.16. The van der Waals surface area contributed by atoms with Crippen molar-refractivity contribution >= 4 is 11.8 Å². The Labute approximate surface area is 230 Å². The van der Waals surface area contributed by atoms with Crippen molar-refractivity contribution in [1.29, 1.82) is 0 Å². The normalized spacial score (nSPS) is 14.7. The van der Waals surface area contributed by atoms with E-state index in [-0.39, 0.29) is 36.0 Å². The average Bonchev–Trinajstić information content (AvgIpc) is 2.88. The molecule has 5 N–H and O–H groups in total. The number of ether oxygens (including phenoxy) is 2. The second-order valence-electron chi connectivity index (χ2n) is 10.9. The molecule has 8 heteroatoms. The largest absolute Gasteiger partial charge is 0.493 e. The van der Waals surface area contributed by atoms with Crippen LogP contribution in [0.5, 0.6) is 5.75 Å². The van der Waals surface area contributed by atoms with Crippen LogP contribution in [0.15, 0.2) is 24.3 Å².